The molecule has 0 amide bonds. The third-order valence-electron chi connectivity index (χ3n) is 5.54. The first-order valence-electron chi connectivity index (χ1n) is 8.44. The van der Waals surface area contributed by atoms with E-state index in [1.165, 1.54) is 7.11 Å². The lowest BCUT2D eigenvalue weighted by molar-refractivity contribution is -0.461. The summed E-state index contributed by atoms with van der Waals surface area (Å²) in [6.07, 6.45) is 5.34. The van der Waals surface area contributed by atoms with Gasteiger partial charge >= 0.3 is 5.97 Å². The van der Waals surface area contributed by atoms with Crippen LogP contribution in [0.4, 0.5) is 0 Å². The van der Waals surface area contributed by atoms with E-state index in [1.807, 2.05) is 0 Å². The Hall–Kier alpha value is -0.690. The topological polar surface area (TPSA) is 57.2 Å². The molecule has 3 aliphatic rings. The fourth-order valence-corrected chi connectivity index (χ4v) is 4.16. The van der Waals surface area contributed by atoms with Crippen LogP contribution < -0.4 is 0 Å². The Morgan fingerprint density at radius 2 is 2.18 bits per heavy atom. The lowest BCUT2D eigenvalue weighted by Crippen LogP contribution is -2.59. The van der Waals surface area contributed by atoms with Gasteiger partial charge in [0.25, 0.3) is 0 Å². The number of hydrogen-bond donors (Lipinski definition) is 0. The minimum absolute atomic E-state index is 0.121. The second-order valence-corrected chi connectivity index (χ2v) is 6.76. The number of esters is 1. The number of carbonyl (C=O) groups is 1. The van der Waals surface area contributed by atoms with Gasteiger partial charge in [-0.2, -0.15) is 0 Å². The first kappa shape index (κ1) is 16.2. The summed E-state index contributed by atoms with van der Waals surface area (Å²) in [4.78, 5) is 23.8. The Balaban J connectivity index is 1.74. The maximum atomic E-state index is 12.0. The zero-order chi connectivity index (χ0) is 15.7. The van der Waals surface area contributed by atoms with E-state index in [0.29, 0.717) is 12.5 Å². The second-order valence-electron chi connectivity index (χ2n) is 6.76. The minimum Gasteiger partial charge on any atom is -0.467 e. The van der Waals surface area contributed by atoms with Gasteiger partial charge in [0.15, 0.2) is 12.4 Å². The molecule has 2 saturated heterocycles. The number of rotatable bonds is 5. The zero-order valence-electron chi connectivity index (χ0n) is 13.7. The predicted octanol–water partition coefficient (Wildman–Crippen LogP) is 2.43. The summed E-state index contributed by atoms with van der Waals surface area (Å²) < 4.78 is 10.7. The third kappa shape index (κ3) is 2.56. The molecule has 2 aliphatic heterocycles. The van der Waals surface area contributed by atoms with Crippen molar-refractivity contribution < 1.29 is 23.9 Å². The normalized spacial score (nSPS) is 41.2. The quantitative estimate of drug-likeness (QED) is 0.574. The molecule has 0 spiro atoms. The third-order valence-corrected chi connectivity index (χ3v) is 5.54. The zero-order valence-corrected chi connectivity index (χ0v) is 13.7. The average Bonchev–Trinajstić information content (AvgIpc) is 2.81. The maximum Gasteiger partial charge on any atom is 0.337 e. The van der Waals surface area contributed by atoms with E-state index in [1.54, 1.807) is 5.23 Å². The largest absolute Gasteiger partial charge is 0.467 e. The van der Waals surface area contributed by atoms with Gasteiger partial charge in [0.1, 0.15) is 0 Å². The van der Waals surface area contributed by atoms with Crippen molar-refractivity contribution >= 4 is 5.97 Å². The highest BCUT2D eigenvalue weighted by Crippen LogP contribution is 2.54. The molecule has 0 aromatic heterocycles. The van der Waals surface area contributed by atoms with Crippen molar-refractivity contribution in [3.05, 3.63) is 0 Å². The maximum absolute atomic E-state index is 12.0. The molecule has 0 aromatic rings. The molecule has 1 aliphatic carbocycles. The van der Waals surface area contributed by atoms with Crippen molar-refractivity contribution in [3.63, 3.8) is 0 Å². The molecule has 0 radical (unpaired) electrons. The summed E-state index contributed by atoms with van der Waals surface area (Å²) in [5, 5.41) is 1.56. The van der Waals surface area contributed by atoms with Crippen molar-refractivity contribution in [2.75, 3.05) is 13.7 Å². The minimum atomic E-state index is -0.563. The number of hydrogen-bond acceptors (Lipinski definition) is 6. The Morgan fingerprint density at radius 3 is 2.91 bits per heavy atom. The van der Waals surface area contributed by atoms with Gasteiger partial charge in [0, 0.05) is 18.9 Å². The van der Waals surface area contributed by atoms with Gasteiger partial charge in [-0.15, -0.1) is 0 Å². The summed E-state index contributed by atoms with van der Waals surface area (Å²) in [6.45, 7) is 4.98. The highest BCUT2D eigenvalue weighted by molar-refractivity contribution is 5.75. The Labute approximate surface area is 131 Å². The SMILES string of the molecule is CCCCO[C@@H]1C[C@@H]2CCC[C@H]3[C@@H](C(=O)OC)ON(O1)[C@]23C. The molecule has 3 rings (SSSR count). The van der Waals surface area contributed by atoms with E-state index in [9.17, 15) is 4.79 Å². The molecule has 0 bridgehead atoms. The molecule has 126 valence electrons. The Bertz CT molecular complexity index is 417. The van der Waals surface area contributed by atoms with Crippen LogP contribution >= 0.6 is 0 Å². The lowest BCUT2D eigenvalue weighted by atomic mass is 9.64. The number of ether oxygens (including phenoxy) is 2. The van der Waals surface area contributed by atoms with Crippen molar-refractivity contribution in [1.29, 1.82) is 0 Å². The average molecular weight is 313 g/mol. The number of unbranched alkanes of at least 4 members (excludes halogenated alkanes) is 1. The van der Waals surface area contributed by atoms with Crippen molar-refractivity contribution in [2.24, 2.45) is 11.8 Å². The van der Waals surface area contributed by atoms with Crippen LogP contribution in [0.15, 0.2) is 0 Å². The molecular weight excluding hydrogens is 286 g/mol. The number of carbonyl (C=O) groups excluding carboxylic acids is 1. The standard InChI is InChI=1S/C16H27NO5/c1-4-5-9-20-13-10-11-7-6-8-12-14(15(18)19-3)22-17(21-13)16(11,12)2/h11-14H,4-10H2,1-3H3/t11-,12-,13-,14-,16+/m0/s1. The summed E-state index contributed by atoms with van der Waals surface area (Å²) in [6, 6.07) is 0. The first-order valence-corrected chi connectivity index (χ1v) is 8.44. The molecule has 1 saturated carbocycles. The van der Waals surface area contributed by atoms with Crippen LogP contribution in [0, 0.1) is 11.8 Å². The van der Waals surface area contributed by atoms with Crippen LogP contribution in [-0.2, 0) is 23.9 Å². The van der Waals surface area contributed by atoms with E-state index in [-0.39, 0.29) is 23.7 Å². The fourth-order valence-electron chi connectivity index (χ4n) is 4.16. The second kappa shape index (κ2) is 6.43. The smallest absolute Gasteiger partial charge is 0.337 e. The van der Waals surface area contributed by atoms with Gasteiger partial charge in [-0.25, -0.2) is 9.63 Å². The Morgan fingerprint density at radius 1 is 1.36 bits per heavy atom. The molecule has 6 heteroatoms. The van der Waals surface area contributed by atoms with Crippen LogP contribution in [0.5, 0.6) is 0 Å². The van der Waals surface area contributed by atoms with Gasteiger partial charge in [-0.3, -0.25) is 4.84 Å². The fraction of sp³-hybridized carbons (Fsp3) is 0.938. The molecule has 6 nitrogen and oxygen atoms in total. The molecule has 2 heterocycles. The van der Waals surface area contributed by atoms with E-state index >= 15 is 0 Å². The highest BCUT2D eigenvalue weighted by atomic mass is 17.0. The summed E-state index contributed by atoms with van der Waals surface area (Å²) in [7, 11) is 1.41. The molecule has 22 heavy (non-hydrogen) atoms. The molecule has 5 atom stereocenters. The van der Waals surface area contributed by atoms with E-state index in [0.717, 1.165) is 38.5 Å². The van der Waals surface area contributed by atoms with Gasteiger partial charge in [0.05, 0.1) is 12.6 Å². The number of methoxy groups -OCH3 is 1. The van der Waals surface area contributed by atoms with Crippen LogP contribution in [0.2, 0.25) is 0 Å². The van der Waals surface area contributed by atoms with Gasteiger partial charge in [-0.05, 0) is 32.1 Å². The molecular formula is C16H27NO5. The van der Waals surface area contributed by atoms with Crippen LogP contribution in [0.25, 0.3) is 0 Å². The monoisotopic (exact) mass is 313 g/mol. The lowest BCUT2D eigenvalue weighted by Gasteiger charge is -2.50. The molecule has 3 fully saturated rings. The van der Waals surface area contributed by atoms with Gasteiger partial charge in [0.2, 0.25) is 0 Å². The van der Waals surface area contributed by atoms with Crippen LogP contribution in [-0.4, -0.2) is 42.8 Å². The molecule has 0 N–H and O–H groups in total. The van der Waals surface area contributed by atoms with Gasteiger partial charge < -0.3 is 9.47 Å². The van der Waals surface area contributed by atoms with E-state index in [2.05, 4.69) is 13.8 Å². The van der Waals surface area contributed by atoms with Crippen LogP contribution in [0.1, 0.15) is 52.4 Å². The van der Waals surface area contributed by atoms with E-state index in [4.69, 9.17) is 19.1 Å². The first-order chi connectivity index (χ1) is 10.6. The van der Waals surface area contributed by atoms with Crippen LogP contribution in [0.3, 0.4) is 0 Å². The van der Waals surface area contributed by atoms with E-state index < -0.39 is 6.10 Å². The summed E-state index contributed by atoms with van der Waals surface area (Å²) in [5.74, 6) is 0.227. The van der Waals surface area contributed by atoms with Crippen molar-refractivity contribution in [3.8, 4) is 0 Å². The predicted molar refractivity (Wildman–Crippen MR) is 78.3 cm³/mol. The summed E-state index contributed by atoms with van der Waals surface area (Å²) in [5.41, 5.74) is -0.262. The van der Waals surface area contributed by atoms with Crippen molar-refractivity contribution in [1.82, 2.24) is 5.23 Å². The van der Waals surface area contributed by atoms with Gasteiger partial charge in [-0.1, -0.05) is 25.0 Å². The number of nitrogens with zero attached hydrogens (tertiary/aromatic N) is 1. The number of hydroxylamine groups is 2. The van der Waals surface area contributed by atoms with Crippen molar-refractivity contribution in [2.45, 2.75) is 70.3 Å². The summed E-state index contributed by atoms with van der Waals surface area (Å²) >= 11 is 0. The molecule has 0 aromatic carbocycles. The highest BCUT2D eigenvalue weighted by Gasteiger charge is 2.63. The molecule has 0 unspecified atom stereocenters. The Kier molecular flexibility index (Phi) is 4.73.